The fourth-order valence-corrected chi connectivity index (χ4v) is 4.76. The zero-order valence-electron chi connectivity index (χ0n) is 15.0. The minimum atomic E-state index is -0.409. The van der Waals surface area contributed by atoms with Crippen LogP contribution in [0, 0.1) is 12.3 Å². The van der Waals surface area contributed by atoms with Gasteiger partial charge in [0, 0.05) is 31.6 Å². The van der Waals surface area contributed by atoms with Gasteiger partial charge in [-0.15, -0.1) is 11.3 Å². The fourth-order valence-electron chi connectivity index (χ4n) is 4.24. The Morgan fingerprint density at radius 2 is 2.19 bits per heavy atom. The van der Waals surface area contributed by atoms with Crippen LogP contribution < -0.4 is 0 Å². The smallest absolute Gasteiger partial charge is 0.273 e. The molecular formula is C20H23N3O2S. The molecule has 5 nitrogen and oxygen atoms in total. The van der Waals surface area contributed by atoms with E-state index in [1.54, 1.807) is 10.9 Å². The normalized spacial score (nSPS) is 23.0. The Morgan fingerprint density at radius 1 is 1.31 bits per heavy atom. The Bertz CT molecular complexity index is 820. The number of thiazole rings is 1. The number of benzene rings is 1. The molecule has 6 heteroatoms. The van der Waals surface area contributed by atoms with Gasteiger partial charge in [-0.05, 0) is 31.7 Å². The molecule has 3 heterocycles. The highest BCUT2D eigenvalue weighted by molar-refractivity contribution is 7.07. The van der Waals surface area contributed by atoms with Crippen molar-refractivity contribution in [3.63, 3.8) is 0 Å². The summed E-state index contributed by atoms with van der Waals surface area (Å²) < 4.78 is 0. The first kappa shape index (κ1) is 17.2. The van der Waals surface area contributed by atoms with Crippen LogP contribution in [0.3, 0.4) is 0 Å². The number of nitrogens with zero attached hydrogens (tertiary/aromatic N) is 3. The number of hydrogen-bond donors (Lipinski definition) is 0. The average Bonchev–Trinajstić information content (AvgIpc) is 3.30. The van der Waals surface area contributed by atoms with Gasteiger partial charge in [0.15, 0.2) is 0 Å². The molecule has 1 unspecified atom stereocenters. The van der Waals surface area contributed by atoms with E-state index in [9.17, 15) is 9.59 Å². The molecule has 0 saturated carbocycles. The summed E-state index contributed by atoms with van der Waals surface area (Å²) in [7, 11) is 0. The van der Waals surface area contributed by atoms with Crippen LogP contribution in [0.15, 0.2) is 35.2 Å². The third kappa shape index (κ3) is 3.14. The summed E-state index contributed by atoms with van der Waals surface area (Å²) in [5, 5.41) is 1.78. The van der Waals surface area contributed by atoms with Crippen molar-refractivity contribution in [2.45, 2.75) is 32.7 Å². The van der Waals surface area contributed by atoms with Gasteiger partial charge in [0.25, 0.3) is 5.91 Å². The highest BCUT2D eigenvalue weighted by atomic mass is 32.1. The number of piperidine rings is 1. The molecule has 0 bridgehead atoms. The maximum absolute atomic E-state index is 13.3. The summed E-state index contributed by atoms with van der Waals surface area (Å²) in [5.41, 5.74) is 4.14. The predicted molar refractivity (Wildman–Crippen MR) is 101 cm³/mol. The maximum atomic E-state index is 13.3. The Hall–Kier alpha value is -2.21. The molecule has 1 atom stereocenters. The fraction of sp³-hybridized carbons (Fsp3) is 0.450. The summed E-state index contributed by atoms with van der Waals surface area (Å²) in [6.45, 7) is 4.69. The first-order valence-corrected chi connectivity index (χ1v) is 10.0. The average molecular weight is 369 g/mol. The summed E-state index contributed by atoms with van der Waals surface area (Å²) in [6, 6.07) is 8.33. The van der Waals surface area contributed by atoms with Gasteiger partial charge in [-0.2, -0.15) is 0 Å². The number of aryl methyl sites for hydroxylation is 1. The minimum absolute atomic E-state index is 0.0493. The van der Waals surface area contributed by atoms with Crippen molar-refractivity contribution < 1.29 is 9.59 Å². The summed E-state index contributed by atoms with van der Waals surface area (Å²) in [4.78, 5) is 33.8. The number of hydrogen-bond acceptors (Lipinski definition) is 4. The van der Waals surface area contributed by atoms with Crippen LogP contribution in [-0.2, 0) is 11.3 Å². The van der Waals surface area contributed by atoms with Gasteiger partial charge >= 0.3 is 0 Å². The van der Waals surface area contributed by atoms with E-state index in [2.05, 4.69) is 30.1 Å². The number of carbonyl (C=O) groups is 2. The molecule has 0 radical (unpaired) electrons. The Labute approximate surface area is 157 Å². The molecule has 2 aliphatic heterocycles. The molecule has 0 aliphatic carbocycles. The van der Waals surface area contributed by atoms with Crippen LogP contribution in [0.25, 0.3) is 0 Å². The number of carbonyl (C=O) groups excluding carboxylic acids is 2. The van der Waals surface area contributed by atoms with Crippen molar-refractivity contribution in [2.75, 3.05) is 19.6 Å². The molecule has 1 spiro atoms. The van der Waals surface area contributed by atoms with E-state index in [0.717, 1.165) is 25.8 Å². The van der Waals surface area contributed by atoms with Gasteiger partial charge in [-0.25, -0.2) is 4.98 Å². The number of amides is 2. The zero-order chi connectivity index (χ0) is 18.1. The second-order valence-corrected chi connectivity index (χ2v) is 8.17. The van der Waals surface area contributed by atoms with E-state index in [0.29, 0.717) is 25.3 Å². The van der Waals surface area contributed by atoms with Crippen LogP contribution in [0.5, 0.6) is 0 Å². The first-order valence-electron chi connectivity index (χ1n) is 9.10. The molecule has 2 amide bonds. The third-order valence-electron chi connectivity index (χ3n) is 5.57. The molecule has 136 valence electrons. The molecule has 4 rings (SSSR count). The number of rotatable bonds is 3. The molecule has 0 N–H and O–H groups in total. The van der Waals surface area contributed by atoms with E-state index in [4.69, 9.17) is 0 Å². The SMILES string of the molecule is Cc1cccc(CN2CCCC3(CCN(C(=O)c4cscn4)C3)C2=O)c1. The Morgan fingerprint density at radius 3 is 2.96 bits per heavy atom. The molecular weight excluding hydrogens is 346 g/mol. The van der Waals surface area contributed by atoms with Crippen LogP contribution in [-0.4, -0.2) is 46.2 Å². The van der Waals surface area contributed by atoms with E-state index in [1.165, 1.54) is 22.5 Å². The number of likely N-dealkylation sites (tertiary alicyclic amines) is 2. The Kier molecular flexibility index (Phi) is 4.53. The molecule has 2 fully saturated rings. The highest BCUT2D eigenvalue weighted by Crippen LogP contribution is 2.40. The van der Waals surface area contributed by atoms with Crippen molar-refractivity contribution in [2.24, 2.45) is 5.41 Å². The zero-order valence-corrected chi connectivity index (χ0v) is 15.8. The van der Waals surface area contributed by atoms with Gasteiger partial charge in [0.1, 0.15) is 5.69 Å². The van der Waals surface area contributed by atoms with E-state index in [1.807, 2.05) is 15.9 Å². The summed E-state index contributed by atoms with van der Waals surface area (Å²) in [5.74, 6) is 0.158. The van der Waals surface area contributed by atoms with Gasteiger partial charge in [0.05, 0.1) is 10.9 Å². The topological polar surface area (TPSA) is 53.5 Å². The summed E-state index contributed by atoms with van der Waals surface area (Å²) >= 11 is 1.42. The first-order chi connectivity index (χ1) is 12.6. The molecule has 26 heavy (non-hydrogen) atoms. The van der Waals surface area contributed by atoms with Crippen LogP contribution in [0.2, 0.25) is 0 Å². The second kappa shape index (κ2) is 6.83. The highest BCUT2D eigenvalue weighted by Gasteiger charge is 2.49. The predicted octanol–water partition coefficient (Wildman–Crippen LogP) is 3.11. The number of aromatic nitrogens is 1. The van der Waals surface area contributed by atoms with Gasteiger partial charge in [-0.1, -0.05) is 29.8 Å². The third-order valence-corrected chi connectivity index (χ3v) is 6.16. The van der Waals surface area contributed by atoms with Crippen molar-refractivity contribution >= 4 is 23.2 Å². The van der Waals surface area contributed by atoms with E-state index >= 15 is 0 Å². The van der Waals surface area contributed by atoms with Crippen LogP contribution >= 0.6 is 11.3 Å². The lowest BCUT2D eigenvalue weighted by Crippen LogP contribution is -2.50. The minimum Gasteiger partial charge on any atom is -0.338 e. The molecule has 1 aromatic carbocycles. The lowest BCUT2D eigenvalue weighted by atomic mass is 9.78. The Balaban J connectivity index is 1.48. The van der Waals surface area contributed by atoms with Crippen molar-refractivity contribution in [3.05, 3.63) is 52.0 Å². The van der Waals surface area contributed by atoms with E-state index < -0.39 is 5.41 Å². The molecule has 1 aromatic heterocycles. The van der Waals surface area contributed by atoms with Crippen molar-refractivity contribution in [1.29, 1.82) is 0 Å². The van der Waals surface area contributed by atoms with Crippen molar-refractivity contribution in [1.82, 2.24) is 14.8 Å². The molecule has 2 aromatic rings. The van der Waals surface area contributed by atoms with Crippen LogP contribution in [0.4, 0.5) is 0 Å². The summed E-state index contributed by atoms with van der Waals surface area (Å²) in [6.07, 6.45) is 2.62. The van der Waals surface area contributed by atoms with Gasteiger partial charge in [0.2, 0.25) is 5.91 Å². The second-order valence-electron chi connectivity index (χ2n) is 7.45. The van der Waals surface area contributed by atoms with Crippen LogP contribution in [0.1, 0.15) is 40.9 Å². The standard InChI is InChI=1S/C20H23N3O2S/c1-15-4-2-5-16(10-15)11-22-8-3-6-20(19(22)25)7-9-23(13-20)18(24)17-12-26-14-21-17/h2,4-5,10,12,14H,3,6-9,11,13H2,1H3. The van der Waals surface area contributed by atoms with E-state index in [-0.39, 0.29) is 11.8 Å². The quantitative estimate of drug-likeness (QED) is 0.835. The largest absolute Gasteiger partial charge is 0.338 e. The lowest BCUT2D eigenvalue weighted by molar-refractivity contribution is -0.146. The van der Waals surface area contributed by atoms with Crippen molar-refractivity contribution in [3.8, 4) is 0 Å². The molecule has 2 aliphatic rings. The van der Waals surface area contributed by atoms with Gasteiger partial charge in [-0.3, -0.25) is 9.59 Å². The monoisotopic (exact) mass is 369 g/mol. The molecule has 2 saturated heterocycles. The lowest BCUT2D eigenvalue weighted by Gasteiger charge is -2.39. The van der Waals surface area contributed by atoms with Gasteiger partial charge < -0.3 is 9.80 Å². The maximum Gasteiger partial charge on any atom is 0.273 e.